The van der Waals surface area contributed by atoms with Crippen molar-refractivity contribution in [3.8, 4) is 17.2 Å². The Morgan fingerprint density at radius 3 is 2.24 bits per heavy atom. The molecule has 112 valence electrons. The van der Waals surface area contributed by atoms with E-state index in [1.165, 1.54) is 11.1 Å². The molecule has 0 saturated carbocycles. The number of anilines is 1. The number of aryl methyl sites for hydroxylation is 2. The zero-order valence-electron chi connectivity index (χ0n) is 12.7. The lowest BCUT2D eigenvalue weighted by Gasteiger charge is -2.11. The molecule has 0 bridgehead atoms. The molecule has 0 aliphatic heterocycles. The summed E-state index contributed by atoms with van der Waals surface area (Å²) < 4.78 is 16.4. The summed E-state index contributed by atoms with van der Waals surface area (Å²) in [5, 5.41) is 0. The lowest BCUT2D eigenvalue weighted by molar-refractivity contribution is 0.217. The van der Waals surface area contributed by atoms with Crippen molar-refractivity contribution in [2.24, 2.45) is 0 Å². The van der Waals surface area contributed by atoms with E-state index in [2.05, 4.69) is 13.8 Å². The third-order valence-corrected chi connectivity index (χ3v) is 3.30. The maximum absolute atomic E-state index is 5.88. The van der Waals surface area contributed by atoms with Crippen molar-refractivity contribution in [1.29, 1.82) is 0 Å². The summed E-state index contributed by atoms with van der Waals surface area (Å²) in [6, 6.07) is 11.4. The zero-order chi connectivity index (χ0) is 15.2. The average molecular weight is 287 g/mol. The third kappa shape index (κ3) is 4.05. The summed E-state index contributed by atoms with van der Waals surface area (Å²) in [7, 11) is 1.60. The summed E-state index contributed by atoms with van der Waals surface area (Å²) in [6.45, 7) is 5.04. The molecule has 2 aromatic carbocycles. The lowest BCUT2D eigenvalue weighted by atomic mass is 10.1. The van der Waals surface area contributed by atoms with Gasteiger partial charge in [-0.15, -0.1) is 0 Å². The maximum atomic E-state index is 5.88. The first kappa shape index (κ1) is 15.0. The first-order valence-electron chi connectivity index (χ1n) is 6.86. The SMILES string of the molecule is COc1ccc(OCCOc2ccc(C)c(C)c2)c(N)c1. The second kappa shape index (κ2) is 6.88. The number of ether oxygens (including phenoxy) is 3. The number of nitrogens with two attached hydrogens (primary N) is 1. The fourth-order valence-corrected chi connectivity index (χ4v) is 1.90. The van der Waals surface area contributed by atoms with Gasteiger partial charge < -0.3 is 19.9 Å². The fraction of sp³-hybridized carbons (Fsp3) is 0.294. The van der Waals surface area contributed by atoms with Gasteiger partial charge in [-0.2, -0.15) is 0 Å². The number of methoxy groups -OCH3 is 1. The first-order valence-corrected chi connectivity index (χ1v) is 6.86. The summed E-state index contributed by atoms with van der Waals surface area (Å²) in [5.74, 6) is 2.20. The van der Waals surface area contributed by atoms with Gasteiger partial charge in [-0.1, -0.05) is 6.07 Å². The third-order valence-electron chi connectivity index (χ3n) is 3.30. The Labute approximate surface area is 125 Å². The summed E-state index contributed by atoms with van der Waals surface area (Å²) >= 11 is 0. The van der Waals surface area contributed by atoms with Gasteiger partial charge in [0.2, 0.25) is 0 Å². The van der Waals surface area contributed by atoms with Crippen molar-refractivity contribution in [1.82, 2.24) is 0 Å². The van der Waals surface area contributed by atoms with E-state index in [1.54, 1.807) is 19.2 Å². The van der Waals surface area contributed by atoms with E-state index in [1.807, 2.05) is 24.3 Å². The normalized spacial score (nSPS) is 10.2. The Balaban J connectivity index is 1.83. The molecule has 0 aromatic heterocycles. The van der Waals surface area contributed by atoms with Crippen LogP contribution in [-0.4, -0.2) is 20.3 Å². The van der Waals surface area contributed by atoms with Crippen LogP contribution in [0.15, 0.2) is 36.4 Å². The summed E-state index contributed by atoms with van der Waals surface area (Å²) in [5.41, 5.74) is 8.91. The number of benzene rings is 2. The molecule has 0 aliphatic rings. The molecule has 21 heavy (non-hydrogen) atoms. The number of nitrogen functional groups attached to an aromatic ring is 1. The molecule has 0 fully saturated rings. The van der Waals surface area contributed by atoms with Gasteiger partial charge in [0.1, 0.15) is 30.5 Å². The minimum Gasteiger partial charge on any atom is -0.497 e. The predicted molar refractivity (Wildman–Crippen MR) is 84.3 cm³/mol. The Kier molecular flexibility index (Phi) is 4.93. The number of hydrogen-bond acceptors (Lipinski definition) is 4. The minimum atomic E-state index is 0.434. The van der Waals surface area contributed by atoms with Gasteiger partial charge in [-0.25, -0.2) is 0 Å². The van der Waals surface area contributed by atoms with Crippen LogP contribution in [0.25, 0.3) is 0 Å². The molecule has 0 saturated heterocycles. The van der Waals surface area contributed by atoms with Crippen LogP contribution in [0, 0.1) is 13.8 Å². The molecule has 0 aliphatic carbocycles. The van der Waals surface area contributed by atoms with Crippen LogP contribution >= 0.6 is 0 Å². The molecular weight excluding hydrogens is 266 g/mol. The monoisotopic (exact) mass is 287 g/mol. The maximum Gasteiger partial charge on any atom is 0.142 e. The molecule has 0 heterocycles. The highest BCUT2D eigenvalue weighted by atomic mass is 16.5. The molecule has 0 amide bonds. The van der Waals surface area contributed by atoms with Crippen LogP contribution in [0.2, 0.25) is 0 Å². The molecule has 0 atom stereocenters. The van der Waals surface area contributed by atoms with Crippen LogP contribution in [0.1, 0.15) is 11.1 Å². The molecule has 2 rings (SSSR count). The molecule has 4 heteroatoms. The smallest absolute Gasteiger partial charge is 0.142 e. The molecule has 4 nitrogen and oxygen atoms in total. The van der Waals surface area contributed by atoms with E-state index >= 15 is 0 Å². The van der Waals surface area contributed by atoms with Gasteiger partial charge in [-0.05, 0) is 49.2 Å². The highest BCUT2D eigenvalue weighted by Crippen LogP contribution is 2.26. The molecular formula is C17H21NO3. The van der Waals surface area contributed by atoms with Gasteiger partial charge in [0, 0.05) is 6.07 Å². The van der Waals surface area contributed by atoms with Crippen LogP contribution in [0.4, 0.5) is 5.69 Å². The van der Waals surface area contributed by atoms with Gasteiger partial charge in [-0.3, -0.25) is 0 Å². The van der Waals surface area contributed by atoms with Crippen LogP contribution in [0.5, 0.6) is 17.2 Å². The van der Waals surface area contributed by atoms with Crippen LogP contribution in [0.3, 0.4) is 0 Å². The highest BCUT2D eigenvalue weighted by Gasteiger charge is 2.03. The topological polar surface area (TPSA) is 53.7 Å². The minimum absolute atomic E-state index is 0.434. The van der Waals surface area contributed by atoms with Crippen molar-refractivity contribution in [3.63, 3.8) is 0 Å². The molecule has 0 radical (unpaired) electrons. The van der Waals surface area contributed by atoms with Crippen molar-refractivity contribution in [3.05, 3.63) is 47.5 Å². The van der Waals surface area contributed by atoms with Crippen LogP contribution < -0.4 is 19.9 Å². The van der Waals surface area contributed by atoms with Gasteiger partial charge in [0.05, 0.1) is 12.8 Å². The van der Waals surface area contributed by atoms with E-state index in [4.69, 9.17) is 19.9 Å². The molecule has 0 spiro atoms. The quantitative estimate of drug-likeness (QED) is 0.654. The van der Waals surface area contributed by atoms with Crippen molar-refractivity contribution in [2.75, 3.05) is 26.1 Å². The van der Waals surface area contributed by atoms with Crippen molar-refractivity contribution >= 4 is 5.69 Å². The van der Waals surface area contributed by atoms with Gasteiger partial charge in [0.15, 0.2) is 0 Å². The highest BCUT2D eigenvalue weighted by molar-refractivity contribution is 5.56. The Bertz CT molecular complexity index is 611. The Morgan fingerprint density at radius 2 is 1.57 bits per heavy atom. The fourth-order valence-electron chi connectivity index (χ4n) is 1.90. The van der Waals surface area contributed by atoms with E-state index in [0.717, 1.165) is 5.75 Å². The summed E-state index contributed by atoms with van der Waals surface area (Å²) in [6.07, 6.45) is 0. The predicted octanol–water partition coefficient (Wildman–Crippen LogP) is 3.35. The van der Waals surface area contributed by atoms with E-state index < -0.39 is 0 Å². The zero-order valence-corrected chi connectivity index (χ0v) is 12.7. The van der Waals surface area contributed by atoms with Gasteiger partial charge in [0.25, 0.3) is 0 Å². The van der Waals surface area contributed by atoms with E-state index in [0.29, 0.717) is 30.4 Å². The number of rotatable bonds is 6. The van der Waals surface area contributed by atoms with Crippen LogP contribution in [-0.2, 0) is 0 Å². The van der Waals surface area contributed by atoms with Gasteiger partial charge >= 0.3 is 0 Å². The Morgan fingerprint density at radius 1 is 0.857 bits per heavy atom. The Hall–Kier alpha value is -2.36. The standard InChI is InChI=1S/C17H21NO3/c1-12-4-5-15(10-13(12)2)20-8-9-21-17-7-6-14(19-3)11-16(17)18/h4-7,10-11H,8-9,18H2,1-3H3. The second-order valence-electron chi connectivity index (χ2n) is 4.85. The van der Waals surface area contributed by atoms with Crippen molar-refractivity contribution < 1.29 is 14.2 Å². The average Bonchev–Trinajstić information content (AvgIpc) is 2.48. The summed E-state index contributed by atoms with van der Waals surface area (Å²) in [4.78, 5) is 0. The van der Waals surface area contributed by atoms with E-state index in [-0.39, 0.29) is 0 Å². The molecule has 0 unspecified atom stereocenters. The molecule has 2 N–H and O–H groups in total. The largest absolute Gasteiger partial charge is 0.497 e. The molecule has 2 aromatic rings. The lowest BCUT2D eigenvalue weighted by Crippen LogP contribution is -2.10. The number of hydrogen-bond donors (Lipinski definition) is 1. The van der Waals surface area contributed by atoms with Crippen molar-refractivity contribution in [2.45, 2.75) is 13.8 Å². The van der Waals surface area contributed by atoms with E-state index in [9.17, 15) is 0 Å². The second-order valence-corrected chi connectivity index (χ2v) is 4.85. The first-order chi connectivity index (χ1) is 10.1.